The van der Waals surface area contributed by atoms with E-state index >= 15 is 0 Å². The molecule has 0 aliphatic heterocycles. The highest BCUT2D eigenvalue weighted by Gasteiger charge is 2.27. The molecule has 0 spiro atoms. The topological polar surface area (TPSA) is 79.5 Å². The van der Waals surface area contributed by atoms with Gasteiger partial charge in [-0.3, -0.25) is 4.79 Å². The summed E-state index contributed by atoms with van der Waals surface area (Å²) in [5.74, 6) is -2.80. The summed E-state index contributed by atoms with van der Waals surface area (Å²) in [4.78, 5) is 23.5. The number of nitrogens with one attached hydrogen (secondary N) is 3. The molecular formula is C19H18F5N3O3. The minimum absolute atomic E-state index is 0.0420. The van der Waals surface area contributed by atoms with Crippen molar-refractivity contribution in [2.45, 2.75) is 19.3 Å². The molecule has 0 heterocycles. The fourth-order valence-corrected chi connectivity index (χ4v) is 2.22. The fraction of sp³-hybridized carbons (Fsp3) is 0.263. The summed E-state index contributed by atoms with van der Waals surface area (Å²) in [5, 5.41) is 7.09. The van der Waals surface area contributed by atoms with Crippen molar-refractivity contribution >= 4 is 17.6 Å². The summed E-state index contributed by atoms with van der Waals surface area (Å²) in [6, 6.07) is 8.57. The molecule has 0 atom stereocenters. The van der Waals surface area contributed by atoms with Crippen LogP contribution in [-0.2, 0) is 22.7 Å². The first kappa shape index (κ1) is 23.1. The first-order valence-corrected chi connectivity index (χ1v) is 8.61. The summed E-state index contributed by atoms with van der Waals surface area (Å²) < 4.78 is 66.5. The molecule has 0 unspecified atom stereocenters. The molecule has 2 aromatic carbocycles. The van der Waals surface area contributed by atoms with Crippen molar-refractivity contribution in [3.63, 3.8) is 0 Å². The van der Waals surface area contributed by atoms with Gasteiger partial charge in [-0.1, -0.05) is 24.3 Å². The van der Waals surface area contributed by atoms with Crippen LogP contribution in [0.2, 0.25) is 0 Å². The van der Waals surface area contributed by atoms with Crippen molar-refractivity contribution in [2.75, 3.05) is 18.5 Å². The van der Waals surface area contributed by atoms with Gasteiger partial charge in [0.2, 0.25) is 5.91 Å². The third kappa shape index (κ3) is 8.43. The molecule has 6 nitrogen and oxygen atoms in total. The predicted molar refractivity (Wildman–Crippen MR) is 97.4 cm³/mol. The van der Waals surface area contributed by atoms with Crippen molar-refractivity contribution < 1.29 is 36.3 Å². The van der Waals surface area contributed by atoms with E-state index in [1.807, 2.05) is 0 Å². The van der Waals surface area contributed by atoms with Crippen molar-refractivity contribution in [3.8, 4) is 0 Å². The lowest BCUT2D eigenvalue weighted by atomic mass is 10.1. The van der Waals surface area contributed by atoms with Gasteiger partial charge in [0, 0.05) is 18.3 Å². The normalized spacial score (nSPS) is 11.1. The second kappa shape index (κ2) is 10.5. The van der Waals surface area contributed by atoms with E-state index in [1.165, 1.54) is 6.07 Å². The van der Waals surface area contributed by atoms with Gasteiger partial charge in [-0.25, -0.2) is 13.6 Å². The number of ether oxygens (including phenoxy) is 1. The monoisotopic (exact) mass is 431 g/mol. The molecular weight excluding hydrogens is 413 g/mol. The maximum atomic E-state index is 13.1. The van der Waals surface area contributed by atoms with Gasteiger partial charge in [0.15, 0.2) is 11.6 Å². The zero-order chi connectivity index (χ0) is 22.1. The molecule has 30 heavy (non-hydrogen) atoms. The number of hydrogen-bond donors (Lipinski definition) is 3. The number of rotatable bonds is 8. The maximum Gasteiger partial charge on any atom is 0.411 e. The largest absolute Gasteiger partial charge is 0.411 e. The van der Waals surface area contributed by atoms with Crippen LogP contribution in [0, 0.1) is 11.6 Å². The Hall–Kier alpha value is -3.21. The third-order valence-electron chi connectivity index (χ3n) is 3.62. The second-order valence-electron chi connectivity index (χ2n) is 6.14. The number of benzene rings is 2. The van der Waals surface area contributed by atoms with E-state index < -0.39 is 42.9 Å². The molecule has 0 aliphatic rings. The molecule has 0 aromatic heterocycles. The van der Waals surface area contributed by atoms with Crippen LogP contribution in [-0.4, -0.2) is 31.3 Å². The summed E-state index contributed by atoms with van der Waals surface area (Å²) in [7, 11) is 0. The fourth-order valence-electron chi connectivity index (χ4n) is 2.22. The first-order valence-electron chi connectivity index (χ1n) is 8.61. The molecule has 0 bridgehead atoms. The average molecular weight is 431 g/mol. The van der Waals surface area contributed by atoms with Gasteiger partial charge in [0.1, 0.15) is 6.61 Å². The van der Waals surface area contributed by atoms with E-state index in [2.05, 4.69) is 20.7 Å². The smallest absolute Gasteiger partial charge is 0.367 e. The van der Waals surface area contributed by atoms with Gasteiger partial charge in [0.25, 0.3) is 0 Å². The predicted octanol–water partition coefficient (Wildman–Crippen LogP) is 3.48. The van der Waals surface area contributed by atoms with Crippen LogP contribution >= 0.6 is 0 Å². The van der Waals surface area contributed by atoms with Gasteiger partial charge >= 0.3 is 12.2 Å². The average Bonchev–Trinajstić information content (AvgIpc) is 2.67. The quantitative estimate of drug-likeness (QED) is 0.560. The number of halogens is 5. The first-order chi connectivity index (χ1) is 14.1. The highest BCUT2D eigenvalue weighted by atomic mass is 19.4. The Labute approximate surface area is 168 Å². The van der Waals surface area contributed by atoms with Gasteiger partial charge in [-0.15, -0.1) is 0 Å². The SMILES string of the molecule is O=C(CNC(=O)NCc1ccc(COCC(F)(F)F)cc1)Nc1ccc(F)c(F)c1. The number of carbonyl (C=O) groups excluding carboxylic acids is 2. The molecule has 0 fully saturated rings. The van der Waals surface area contributed by atoms with Gasteiger partial charge in [-0.2, -0.15) is 13.2 Å². The number of amides is 3. The Morgan fingerprint density at radius 3 is 2.20 bits per heavy atom. The van der Waals surface area contributed by atoms with Crippen molar-refractivity contribution in [3.05, 3.63) is 65.2 Å². The Morgan fingerprint density at radius 1 is 0.900 bits per heavy atom. The highest BCUT2D eigenvalue weighted by molar-refractivity contribution is 5.94. The van der Waals surface area contributed by atoms with E-state index in [9.17, 15) is 31.5 Å². The lowest BCUT2D eigenvalue weighted by Gasteiger charge is -2.10. The molecule has 0 saturated carbocycles. The van der Waals surface area contributed by atoms with Crippen LogP contribution in [0.25, 0.3) is 0 Å². The zero-order valence-corrected chi connectivity index (χ0v) is 15.5. The third-order valence-corrected chi connectivity index (χ3v) is 3.62. The maximum absolute atomic E-state index is 13.1. The summed E-state index contributed by atoms with van der Waals surface area (Å²) in [6.45, 7) is -1.82. The molecule has 0 saturated heterocycles. The molecule has 2 rings (SSSR count). The van der Waals surface area contributed by atoms with Crippen molar-refractivity contribution in [2.24, 2.45) is 0 Å². The van der Waals surface area contributed by atoms with Crippen molar-refractivity contribution in [1.29, 1.82) is 0 Å². The Kier molecular flexibility index (Phi) is 8.10. The van der Waals surface area contributed by atoms with Crippen molar-refractivity contribution in [1.82, 2.24) is 10.6 Å². The van der Waals surface area contributed by atoms with E-state index in [0.717, 1.165) is 12.1 Å². The molecule has 0 radical (unpaired) electrons. The van der Waals surface area contributed by atoms with Gasteiger partial charge in [-0.05, 0) is 23.3 Å². The van der Waals surface area contributed by atoms with E-state index in [0.29, 0.717) is 11.1 Å². The zero-order valence-electron chi connectivity index (χ0n) is 15.5. The Morgan fingerprint density at radius 2 is 1.57 bits per heavy atom. The van der Waals surface area contributed by atoms with E-state index in [-0.39, 0.29) is 18.8 Å². The molecule has 162 valence electrons. The lowest BCUT2D eigenvalue weighted by Crippen LogP contribution is -2.39. The molecule has 11 heteroatoms. The Bertz CT molecular complexity index is 873. The number of anilines is 1. The van der Waals surface area contributed by atoms with Crippen LogP contribution in [0.5, 0.6) is 0 Å². The number of urea groups is 1. The second-order valence-corrected chi connectivity index (χ2v) is 6.14. The van der Waals surface area contributed by atoms with Gasteiger partial charge in [0.05, 0.1) is 13.2 Å². The molecule has 2 aromatic rings. The standard InChI is InChI=1S/C19H18F5N3O3/c20-15-6-5-14(7-16(15)21)27-17(28)9-26-18(29)25-8-12-1-3-13(4-2-12)10-30-11-19(22,23)24/h1-7H,8-11H2,(H,27,28)(H2,25,26,29). The minimum Gasteiger partial charge on any atom is -0.367 e. The summed E-state index contributed by atoms with van der Waals surface area (Å²) >= 11 is 0. The Balaban J connectivity index is 1.68. The number of hydrogen-bond acceptors (Lipinski definition) is 3. The summed E-state index contributed by atoms with van der Waals surface area (Å²) in [5.41, 5.74) is 1.26. The van der Waals surface area contributed by atoms with E-state index in [1.54, 1.807) is 24.3 Å². The molecule has 0 aliphatic carbocycles. The molecule has 3 amide bonds. The van der Waals surface area contributed by atoms with Crippen LogP contribution in [0.1, 0.15) is 11.1 Å². The number of carbonyl (C=O) groups is 2. The van der Waals surface area contributed by atoms with E-state index in [4.69, 9.17) is 0 Å². The number of alkyl halides is 3. The highest BCUT2D eigenvalue weighted by Crippen LogP contribution is 2.16. The van der Waals surface area contributed by atoms with Crippen LogP contribution < -0.4 is 16.0 Å². The van der Waals surface area contributed by atoms with Crippen LogP contribution in [0.15, 0.2) is 42.5 Å². The van der Waals surface area contributed by atoms with Crippen LogP contribution in [0.3, 0.4) is 0 Å². The lowest BCUT2D eigenvalue weighted by molar-refractivity contribution is -0.176. The summed E-state index contributed by atoms with van der Waals surface area (Å²) in [6.07, 6.45) is -4.39. The minimum atomic E-state index is -4.39. The molecule has 3 N–H and O–H groups in total. The van der Waals surface area contributed by atoms with Gasteiger partial charge < -0.3 is 20.7 Å². The van der Waals surface area contributed by atoms with Crippen LogP contribution in [0.4, 0.5) is 32.4 Å².